The monoisotopic (exact) mass is 314 g/mol. The highest BCUT2D eigenvalue weighted by Gasteiger charge is 2.36. The van der Waals surface area contributed by atoms with E-state index >= 15 is 0 Å². The van der Waals surface area contributed by atoms with E-state index in [1.54, 1.807) is 12.1 Å². The molecule has 0 heterocycles. The molecule has 0 N–H and O–H groups in total. The predicted octanol–water partition coefficient (Wildman–Crippen LogP) is 5.22. The normalized spacial score (nSPS) is 30.1. The standard InChI is InChI=1S/C16H24ClO2P/c1-12(2)15-10-9-13(3)11-16(15)19-20(17,18)14-7-5-4-6-8-14/h4-8,12-13,15-16H,9-11H2,1-3H3/t13-,15+,16-,20?/m1/s1. The molecule has 2 nitrogen and oxygen atoms in total. The Labute approximate surface area is 127 Å². The lowest BCUT2D eigenvalue weighted by Crippen LogP contribution is -2.34. The molecule has 1 aliphatic carbocycles. The van der Waals surface area contributed by atoms with Gasteiger partial charge in [0, 0.05) is 0 Å². The summed E-state index contributed by atoms with van der Waals surface area (Å²) in [5.74, 6) is 1.59. The van der Waals surface area contributed by atoms with Crippen molar-refractivity contribution in [1.82, 2.24) is 0 Å². The molecule has 1 aromatic carbocycles. The smallest absolute Gasteiger partial charge is 0.311 e. The number of hydrogen-bond donors (Lipinski definition) is 0. The van der Waals surface area contributed by atoms with Gasteiger partial charge in [0.25, 0.3) is 0 Å². The van der Waals surface area contributed by atoms with Crippen LogP contribution in [0.2, 0.25) is 0 Å². The zero-order valence-corrected chi connectivity index (χ0v) is 14.1. The van der Waals surface area contributed by atoms with Gasteiger partial charge in [-0.15, -0.1) is 0 Å². The van der Waals surface area contributed by atoms with Gasteiger partial charge in [-0.2, -0.15) is 0 Å². The Morgan fingerprint density at radius 2 is 1.90 bits per heavy atom. The average Bonchev–Trinajstić information content (AvgIpc) is 2.39. The summed E-state index contributed by atoms with van der Waals surface area (Å²) in [5, 5.41) is 0.599. The third kappa shape index (κ3) is 3.87. The minimum atomic E-state index is -3.24. The van der Waals surface area contributed by atoms with Gasteiger partial charge in [0.15, 0.2) is 0 Å². The van der Waals surface area contributed by atoms with Crippen molar-refractivity contribution in [3.63, 3.8) is 0 Å². The third-order valence-electron chi connectivity index (χ3n) is 4.30. The van der Waals surface area contributed by atoms with E-state index in [0.717, 1.165) is 12.8 Å². The highest BCUT2D eigenvalue weighted by atomic mass is 35.7. The van der Waals surface area contributed by atoms with E-state index in [4.69, 9.17) is 15.8 Å². The van der Waals surface area contributed by atoms with Crippen molar-refractivity contribution in [3.8, 4) is 0 Å². The molecule has 0 aromatic heterocycles. The molecule has 0 aliphatic heterocycles. The van der Waals surface area contributed by atoms with Gasteiger partial charge in [-0.3, -0.25) is 4.57 Å². The number of hydrogen-bond acceptors (Lipinski definition) is 2. The Kier molecular flexibility index (Phi) is 5.34. The van der Waals surface area contributed by atoms with Gasteiger partial charge in [0.2, 0.25) is 0 Å². The summed E-state index contributed by atoms with van der Waals surface area (Å²) in [5.41, 5.74) is 0. The molecule has 1 unspecified atom stereocenters. The summed E-state index contributed by atoms with van der Waals surface area (Å²) in [4.78, 5) is 0. The van der Waals surface area contributed by atoms with E-state index in [9.17, 15) is 4.57 Å². The SMILES string of the molecule is CC(C)[C@@H]1CC[C@@H](C)C[C@H]1OP(=O)(Cl)c1ccccc1. The van der Waals surface area contributed by atoms with Gasteiger partial charge in [-0.25, -0.2) is 0 Å². The Hall–Kier alpha value is -0.300. The van der Waals surface area contributed by atoms with Gasteiger partial charge in [-0.1, -0.05) is 45.4 Å². The van der Waals surface area contributed by atoms with Crippen LogP contribution in [0.3, 0.4) is 0 Å². The van der Waals surface area contributed by atoms with Crippen molar-refractivity contribution >= 4 is 23.3 Å². The first kappa shape index (κ1) is 16.1. The van der Waals surface area contributed by atoms with Gasteiger partial charge in [0.05, 0.1) is 11.4 Å². The van der Waals surface area contributed by atoms with Crippen LogP contribution in [0.25, 0.3) is 0 Å². The Morgan fingerprint density at radius 3 is 2.50 bits per heavy atom. The van der Waals surface area contributed by atoms with Crippen LogP contribution < -0.4 is 5.30 Å². The van der Waals surface area contributed by atoms with Crippen molar-refractivity contribution < 1.29 is 9.09 Å². The van der Waals surface area contributed by atoms with Crippen LogP contribution in [0.1, 0.15) is 40.0 Å². The second kappa shape index (κ2) is 6.64. The average molecular weight is 315 g/mol. The molecule has 0 bridgehead atoms. The van der Waals surface area contributed by atoms with Crippen molar-refractivity contribution in [3.05, 3.63) is 30.3 Å². The summed E-state index contributed by atoms with van der Waals surface area (Å²) in [6.07, 6.45) is 3.31. The first-order valence-electron chi connectivity index (χ1n) is 7.44. The molecule has 0 radical (unpaired) electrons. The highest BCUT2D eigenvalue weighted by molar-refractivity contribution is 7.91. The fourth-order valence-corrected chi connectivity index (χ4v) is 4.96. The summed E-state index contributed by atoms with van der Waals surface area (Å²) < 4.78 is 18.6. The minimum Gasteiger partial charge on any atom is -0.311 e. The molecule has 4 atom stereocenters. The second-order valence-electron chi connectivity index (χ2n) is 6.29. The Balaban J connectivity index is 2.15. The molecular formula is C16H24ClO2P. The maximum Gasteiger partial charge on any atom is 0.320 e. The zero-order chi connectivity index (χ0) is 14.8. The van der Waals surface area contributed by atoms with Crippen molar-refractivity contribution in [2.75, 3.05) is 0 Å². The molecule has 20 heavy (non-hydrogen) atoms. The van der Waals surface area contributed by atoms with E-state index < -0.39 is 6.72 Å². The van der Waals surface area contributed by atoms with Crippen LogP contribution in [-0.2, 0) is 9.09 Å². The molecule has 4 heteroatoms. The molecular weight excluding hydrogens is 291 g/mol. The lowest BCUT2D eigenvalue weighted by Gasteiger charge is -2.37. The van der Waals surface area contributed by atoms with Crippen LogP contribution in [0.15, 0.2) is 30.3 Å². The van der Waals surface area contributed by atoms with Crippen LogP contribution in [0.5, 0.6) is 0 Å². The molecule has 2 rings (SSSR count). The van der Waals surface area contributed by atoms with Crippen molar-refractivity contribution in [2.24, 2.45) is 17.8 Å². The van der Waals surface area contributed by atoms with E-state index in [0.29, 0.717) is 23.1 Å². The molecule has 1 aromatic rings. The second-order valence-corrected chi connectivity index (χ2v) is 9.31. The van der Waals surface area contributed by atoms with E-state index in [-0.39, 0.29) is 6.10 Å². The summed E-state index contributed by atoms with van der Waals surface area (Å²) in [7, 11) is 0. The summed E-state index contributed by atoms with van der Waals surface area (Å²) in [6.45, 7) is 3.40. The summed E-state index contributed by atoms with van der Waals surface area (Å²) in [6, 6.07) is 9.14. The number of rotatable bonds is 4. The van der Waals surface area contributed by atoms with Gasteiger partial charge in [-0.05, 0) is 54.0 Å². The maximum atomic E-state index is 12.7. The quantitative estimate of drug-likeness (QED) is 0.712. The molecule has 0 amide bonds. The Bertz CT molecular complexity index is 475. The van der Waals surface area contributed by atoms with Crippen LogP contribution in [0, 0.1) is 17.8 Å². The van der Waals surface area contributed by atoms with Gasteiger partial charge < -0.3 is 4.52 Å². The molecule has 0 saturated heterocycles. The number of benzene rings is 1. The lowest BCUT2D eigenvalue weighted by atomic mass is 9.75. The largest absolute Gasteiger partial charge is 0.320 e. The lowest BCUT2D eigenvalue weighted by molar-refractivity contribution is 0.0524. The van der Waals surface area contributed by atoms with E-state index in [1.165, 1.54) is 6.42 Å². The fraction of sp³-hybridized carbons (Fsp3) is 0.625. The first-order chi connectivity index (χ1) is 9.40. The molecule has 1 aliphatic rings. The first-order valence-corrected chi connectivity index (χ1v) is 9.97. The molecule has 112 valence electrons. The summed E-state index contributed by atoms with van der Waals surface area (Å²) >= 11 is 6.25. The van der Waals surface area contributed by atoms with E-state index in [2.05, 4.69) is 20.8 Å². The van der Waals surface area contributed by atoms with Gasteiger partial charge in [0.1, 0.15) is 0 Å². The van der Waals surface area contributed by atoms with Crippen LogP contribution in [0.4, 0.5) is 0 Å². The fourth-order valence-electron chi connectivity index (χ4n) is 3.08. The predicted molar refractivity (Wildman–Crippen MR) is 85.8 cm³/mol. The Morgan fingerprint density at radius 1 is 1.25 bits per heavy atom. The molecule has 1 saturated carbocycles. The third-order valence-corrected chi connectivity index (χ3v) is 6.58. The zero-order valence-electron chi connectivity index (χ0n) is 12.5. The topological polar surface area (TPSA) is 26.3 Å². The van der Waals surface area contributed by atoms with Gasteiger partial charge >= 0.3 is 6.72 Å². The molecule has 1 fully saturated rings. The van der Waals surface area contributed by atoms with Crippen molar-refractivity contribution in [2.45, 2.75) is 46.1 Å². The number of halogens is 1. The van der Waals surface area contributed by atoms with Crippen LogP contribution >= 0.6 is 18.0 Å². The highest BCUT2D eigenvalue weighted by Crippen LogP contribution is 2.55. The van der Waals surface area contributed by atoms with E-state index in [1.807, 2.05) is 18.2 Å². The maximum absolute atomic E-state index is 12.7. The van der Waals surface area contributed by atoms with Crippen LogP contribution in [-0.4, -0.2) is 6.10 Å². The van der Waals surface area contributed by atoms with Crippen molar-refractivity contribution in [1.29, 1.82) is 0 Å². The minimum absolute atomic E-state index is 0.00212. The molecule has 0 spiro atoms.